The molecule has 2 aliphatic heterocycles. The van der Waals surface area contributed by atoms with Crippen LogP contribution in [0.3, 0.4) is 0 Å². The van der Waals surface area contributed by atoms with Crippen LogP contribution in [-0.2, 0) is 9.59 Å². The minimum absolute atomic E-state index is 0.0548. The van der Waals surface area contributed by atoms with Crippen LogP contribution in [0.5, 0.6) is 0 Å². The van der Waals surface area contributed by atoms with E-state index in [0.717, 1.165) is 25.9 Å². The highest BCUT2D eigenvalue weighted by Gasteiger charge is 2.33. The van der Waals surface area contributed by atoms with Gasteiger partial charge in [0.05, 0.1) is 6.04 Å². The standard InChI is InChI=1S/C14H25N3O2/c1-3-8-17-9-6-11(7-10-17)15-12-4-5-13(18)16(2)14(12)19/h11-12,15H,3-10H2,1-2H3. The first kappa shape index (κ1) is 14.5. The molecule has 0 aromatic rings. The lowest BCUT2D eigenvalue weighted by Gasteiger charge is -2.36. The summed E-state index contributed by atoms with van der Waals surface area (Å²) in [5.41, 5.74) is 0. The van der Waals surface area contributed by atoms with E-state index >= 15 is 0 Å². The van der Waals surface area contributed by atoms with E-state index in [-0.39, 0.29) is 17.9 Å². The molecular formula is C14H25N3O2. The second kappa shape index (κ2) is 6.48. The summed E-state index contributed by atoms with van der Waals surface area (Å²) in [6.45, 7) is 5.60. The first-order valence-corrected chi connectivity index (χ1v) is 7.40. The summed E-state index contributed by atoms with van der Waals surface area (Å²) in [5.74, 6) is -0.118. The van der Waals surface area contributed by atoms with Crippen molar-refractivity contribution in [3.05, 3.63) is 0 Å². The summed E-state index contributed by atoms with van der Waals surface area (Å²) < 4.78 is 0. The van der Waals surface area contributed by atoms with Crippen LogP contribution in [-0.4, -0.2) is 60.4 Å². The molecule has 19 heavy (non-hydrogen) atoms. The molecule has 108 valence electrons. The highest BCUT2D eigenvalue weighted by atomic mass is 16.2. The molecule has 2 rings (SSSR count). The molecule has 2 aliphatic rings. The third-order valence-electron chi connectivity index (χ3n) is 4.21. The number of hydrogen-bond donors (Lipinski definition) is 1. The largest absolute Gasteiger partial charge is 0.303 e. The minimum atomic E-state index is -0.162. The molecule has 1 atom stereocenters. The SMILES string of the molecule is CCCN1CCC(NC2CCC(=O)N(C)C2=O)CC1. The van der Waals surface area contributed by atoms with E-state index in [4.69, 9.17) is 0 Å². The number of imide groups is 1. The first-order valence-electron chi connectivity index (χ1n) is 7.40. The maximum absolute atomic E-state index is 12.0. The Bertz CT molecular complexity index is 338. The lowest BCUT2D eigenvalue weighted by atomic mass is 9.99. The number of carbonyl (C=O) groups excluding carboxylic acids is 2. The van der Waals surface area contributed by atoms with Crippen LogP contribution in [0, 0.1) is 0 Å². The molecule has 0 saturated carbocycles. The number of likely N-dealkylation sites (N-methyl/N-ethyl adjacent to an activating group) is 1. The smallest absolute Gasteiger partial charge is 0.246 e. The van der Waals surface area contributed by atoms with Gasteiger partial charge in [0.2, 0.25) is 11.8 Å². The fourth-order valence-corrected chi connectivity index (χ4v) is 2.99. The minimum Gasteiger partial charge on any atom is -0.303 e. The molecule has 0 aromatic carbocycles. The van der Waals surface area contributed by atoms with E-state index < -0.39 is 0 Å². The third kappa shape index (κ3) is 3.54. The molecule has 2 fully saturated rings. The second-order valence-corrected chi connectivity index (χ2v) is 5.66. The number of nitrogens with one attached hydrogen (secondary N) is 1. The molecule has 1 unspecified atom stereocenters. The van der Waals surface area contributed by atoms with Crippen LogP contribution >= 0.6 is 0 Å². The van der Waals surface area contributed by atoms with Crippen LogP contribution < -0.4 is 5.32 Å². The Morgan fingerprint density at radius 2 is 1.89 bits per heavy atom. The lowest BCUT2D eigenvalue weighted by molar-refractivity contribution is -0.148. The Morgan fingerprint density at radius 3 is 2.53 bits per heavy atom. The zero-order chi connectivity index (χ0) is 13.8. The van der Waals surface area contributed by atoms with Gasteiger partial charge in [0.1, 0.15) is 0 Å². The van der Waals surface area contributed by atoms with Crippen molar-refractivity contribution >= 4 is 11.8 Å². The van der Waals surface area contributed by atoms with Gasteiger partial charge in [-0.2, -0.15) is 0 Å². The van der Waals surface area contributed by atoms with Crippen molar-refractivity contribution in [3.63, 3.8) is 0 Å². The van der Waals surface area contributed by atoms with E-state index in [1.54, 1.807) is 7.05 Å². The van der Waals surface area contributed by atoms with Crippen molar-refractivity contribution in [2.24, 2.45) is 0 Å². The predicted molar refractivity (Wildman–Crippen MR) is 73.7 cm³/mol. The summed E-state index contributed by atoms with van der Waals surface area (Å²) in [6, 6.07) is 0.258. The molecular weight excluding hydrogens is 242 g/mol. The molecule has 0 bridgehead atoms. The Kier molecular flexibility index (Phi) is 4.93. The summed E-state index contributed by atoms with van der Waals surface area (Å²) in [5, 5.41) is 3.45. The van der Waals surface area contributed by atoms with Crippen LogP contribution in [0.15, 0.2) is 0 Å². The van der Waals surface area contributed by atoms with Crippen LogP contribution in [0.25, 0.3) is 0 Å². The molecule has 2 heterocycles. The first-order chi connectivity index (χ1) is 9.11. The number of likely N-dealkylation sites (tertiary alicyclic amines) is 2. The Hall–Kier alpha value is -0.940. The fourth-order valence-electron chi connectivity index (χ4n) is 2.99. The van der Waals surface area contributed by atoms with E-state index in [0.29, 0.717) is 18.9 Å². The molecule has 1 N–H and O–H groups in total. The maximum Gasteiger partial charge on any atom is 0.246 e. The number of rotatable bonds is 4. The predicted octanol–water partition coefficient (Wildman–Crippen LogP) is 0.598. The average molecular weight is 267 g/mol. The van der Waals surface area contributed by atoms with Gasteiger partial charge in [-0.15, -0.1) is 0 Å². The maximum atomic E-state index is 12.0. The highest BCUT2D eigenvalue weighted by molar-refractivity contribution is 6.00. The van der Waals surface area contributed by atoms with Gasteiger partial charge in [0.25, 0.3) is 0 Å². The molecule has 0 aliphatic carbocycles. The highest BCUT2D eigenvalue weighted by Crippen LogP contribution is 2.16. The number of hydrogen-bond acceptors (Lipinski definition) is 4. The molecule has 0 radical (unpaired) electrons. The van der Waals surface area contributed by atoms with Crippen molar-refractivity contribution in [1.82, 2.24) is 15.1 Å². The van der Waals surface area contributed by atoms with Crippen molar-refractivity contribution in [2.45, 2.75) is 51.1 Å². The van der Waals surface area contributed by atoms with Gasteiger partial charge in [-0.3, -0.25) is 14.5 Å². The second-order valence-electron chi connectivity index (χ2n) is 5.66. The summed E-state index contributed by atoms with van der Waals surface area (Å²) in [4.78, 5) is 27.2. The average Bonchev–Trinajstić information content (AvgIpc) is 2.42. The summed E-state index contributed by atoms with van der Waals surface area (Å²) >= 11 is 0. The Balaban J connectivity index is 1.79. The van der Waals surface area contributed by atoms with Crippen molar-refractivity contribution in [3.8, 4) is 0 Å². The van der Waals surface area contributed by atoms with Gasteiger partial charge in [-0.1, -0.05) is 6.92 Å². The van der Waals surface area contributed by atoms with Crippen molar-refractivity contribution < 1.29 is 9.59 Å². The third-order valence-corrected chi connectivity index (χ3v) is 4.21. The molecule has 2 saturated heterocycles. The van der Waals surface area contributed by atoms with Gasteiger partial charge in [0.15, 0.2) is 0 Å². The van der Waals surface area contributed by atoms with Gasteiger partial charge in [0, 0.05) is 19.5 Å². The van der Waals surface area contributed by atoms with E-state index in [1.807, 2.05) is 0 Å². The lowest BCUT2D eigenvalue weighted by Crippen LogP contribution is -2.55. The van der Waals surface area contributed by atoms with E-state index in [1.165, 1.54) is 17.9 Å². The Morgan fingerprint density at radius 1 is 1.21 bits per heavy atom. The quantitative estimate of drug-likeness (QED) is 0.758. The van der Waals surface area contributed by atoms with Gasteiger partial charge >= 0.3 is 0 Å². The number of amides is 2. The normalized spacial score (nSPS) is 27.1. The number of nitrogens with zero attached hydrogens (tertiary/aromatic N) is 2. The van der Waals surface area contributed by atoms with E-state index in [9.17, 15) is 9.59 Å². The molecule has 5 nitrogen and oxygen atoms in total. The number of piperidine rings is 2. The molecule has 5 heteroatoms. The van der Waals surface area contributed by atoms with E-state index in [2.05, 4.69) is 17.1 Å². The van der Waals surface area contributed by atoms with Crippen molar-refractivity contribution in [2.75, 3.05) is 26.7 Å². The van der Waals surface area contributed by atoms with Gasteiger partial charge in [-0.05, 0) is 45.3 Å². The zero-order valence-electron chi connectivity index (χ0n) is 12.0. The summed E-state index contributed by atoms with van der Waals surface area (Å²) in [6.07, 6.45) is 4.53. The number of carbonyl (C=O) groups is 2. The summed E-state index contributed by atoms with van der Waals surface area (Å²) in [7, 11) is 1.59. The molecule has 0 spiro atoms. The molecule has 2 amide bonds. The van der Waals surface area contributed by atoms with Crippen LogP contribution in [0.4, 0.5) is 0 Å². The van der Waals surface area contributed by atoms with Gasteiger partial charge in [-0.25, -0.2) is 0 Å². The Labute approximate surface area is 115 Å². The monoisotopic (exact) mass is 267 g/mol. The molecule has 0 aromatic heterocycles. The van der Waals surface area contributed by atoms with Crippen molar-refractivity contribution in [1.29, 1.82) is 0 Å². The fraction of sp³-hybridized carbons (Fsp3) is 0.857. The zero-order valence-corrected chi connectivity index (χ0v) is 12.0. The van der Waals surface area contributed by atoms with Crippen LogP contribution in [0.2, 0.25) is 0 Å². The van der Waals surface area contributed by atoms with Gasteiger partial charge < -0.3 is 10.2 Å². The topological polar surface area (TPSA) is 52.7 Å². The van der Waals surface area contributed by atoms with Crippen LogP contribution in [0.1, 0.15) is 39.0 Å².